The first-order valence-corrected chi connectivity index (χ1v) is 8.27. The normalized spacial score (nSPS) is 10.8. The van der Waals surface area contributed by atoms with Crippen LogP contribution in [0, 0.1) is 0 Å². The molecule has 0 aliphatic heterocycles. The van der Waals surface area contributed by atoms with E-state index in [-0.39, 0.29) is 0 Å². The van der Waals surface area contributed by atoms with Crippen LogP contribution in [0.25, 0.3) is 10.9 Å². The molecule has 3 aromatic rings. The number of thiophene rings is 1. The van der Waals surface area contributed by atoms with Crippen molar-refractivity contribution in [1.82, 2.24) is 4.98 Å². The first-order valence-electron chi connectivity index (χ1n) is 6.41. The molecule has 21 heavy (non-hydrogen) atoms. The molecule has 2 heterocycles. The van der Waals surface area contributed by atoms with Gasteiger partial charge in [0.1, 0.15) is 11.6 Å². The molecule has 0 unspecified atom stereocenters. The minimum atomic E-state index is 0.708. The molecule has 4 nitrogen and oxygen atoms in total. The van der Waals surface area contributed by atoms with E-state index in [0.717, 1.165) is 28.0 Å². The number of methoxy groups -OCH3 is 1. The zero-order valence-electron chi connectivity index (χ0n) is 11.5. The number of hydrazine groups is 1. The number of hydrogen-bond donors (Lipinski definition) is 2. The third-order valence-corrected chi connectivity index (χ3v) is 5.29. The minimum absolute atomic E-state index is 0.708. The lowest BCUT2D eigenvalue weighted by atomic mass is 10.1. The van der Waals surface area contributed by atoms with Crippen molar-refractivity contribution < 1.29 is 4.74 Å². The summed E-state index contributed by atoms with van der Waals surface area (Å²) < 4.78 is 6.51. The Bertz CT molecular complexity index is 744. The van der Waals surface area contributed by atoms with Gasteiger partial charge in [-0.25, -0.2) is 10.8 Å². The molecule has 0 atom stereocenters. The fraction of sp³-hybridized carbons (Fsp3) is 0.133. The summed E-state index contributed by atoms with van der Waals surface area (Å²) in [4.78, 5) is 4.58. The van der Waals surface area contributed by atoms with Gasteiger partial charge < -0.3 is 10.2 Å². The molecular weight excluding hydrogens is 302 g/mol. The number of nitrogens with zero attached hydrogens (tertiary/aromatic N) is 1. The topological polar surface area (TPSA) is 60.2 Å². The van der Waals surface area contributed by atoms with E-state index >= 15 is 0 Å². The highest BCUT2D eigenvalue weighted by molar-refractivity contribution is 8.00. The van der Waals surface area contributed by atoms with Gasteiger partial charge in [-0.15, -0.1) is 23.1 Å². The lowest BCUT2D eigenvalue weighted by molar-refractivity contribution is 0.415. The van der Waals surface area contributed by atoms with Crippen molar-refractivity contribution in [2.75, 3.05) is 12.5 Å². The van der Waals surface area contributed by atoms with Gasteiger partial charge >= 0.3 is 0 Å². The Balaban J connectivity index is 1.93. The summed E-state index contributed by atoms with van der Waals surface area (Å²) in [7, 11) is 1.65. The summed E-state index contributed by atoms with van der Waals surface area (Å²) in [5, 5.41) is 3.16. The number of nitrogens with two attached hydrogens (primary N) is 1. The van der Waals surface area contributed by atoms with E-state index in [1.54, 1.807) is 30.2 Å². The molecule has 3 rings (SSSR count). The van der Waals surface area contributed by atoms with Crippen molar-refractivity contribution in [3.63, 3.8) is 0 Å². The van der Waals surface area contributed by atoms with Crippen molar-refractivity contribution >= 4 is 39.8 Å². The molecule has 0 aliphatic carbocycles. The van der Waals surface area contributed by atoms with Crippen molar-refractivity contribution in [3.05, 3.63) is 47.3 Å². The first kappa shape index (κ1) is 14.2. The zero-order valence-corrected chi connectivity index (χ0v) is 13.1. The maximum absolute atomic E-state index is 5.61. The highest BCUT2D eigenvalue weighted by Gasteiger charge is 2.08. The second-order valence-corrected chi connectivity index (χ2v) is 6.64. The summed E-state index contributed by atoms with van der Waals surface area (Å²) in [6.07, 6.45) is 0. The second-order valence-electron chi connectivity index (χ2n) is 4.42. The SMILES string of the molecule is COc1ccc2cc(CSc3cccs3)c(NN)nc2c1. The van der Waals surface area contributed by atoms with Gasteiger partial charge in [0.2, 0.25) is 0 Å². The summed E-state index contributed by atoms with van der Waals surface area (Å²) >= 11 is 3.52. The van der Waals surface area contributed by atoms with E-state index in [0.29, 0.717) is 5.82 Å². The van der Waals surface area contributed by atoms with Gasteiger partial charge in [-0.1, -0.05) is 6.07 Å². The van der Waals surface area contributed by atoms with Crippen molar-refractivity contribution in [1.29, 1.82) is 0 Å². The molecule has 3 N–H and O–H groups in total. The van der Waals surface area contributed by atoms with Crippen LogP contribution in [-0.4, -0.2) is 12.1 Å². The van der Waals surface area contributed by atoms with Crippen molar-refractivity contribution in [2.24, 2.45) is 5.84 Å². The van der Waals surface area contributed by atoms with Gasteiger partial charge in [-0.05, 0) is 29.6 Å². The Labute approximate surface area is 131 Å². The van der Waals surface area contributed by atoms with E-state index < -0.39 is 0 Å². The van der Waals surface area contributed by atoms with Crippen LogP contribution in [0.5, 0.6) is 5.75 Å². The Morgan fingerprint density at radius 3 is 2.95 bits per heavy atom. The Morgan fingerprint density at radius 1 is 1.33 bits per heavy atom. The molecule has 6 heteroatoms. The van der Waals surface area contributed by atoms with Gasteiger partial charge in [0.15, 0.2) is 0 Å². The quantitative estimate of drug-likeness (QED) is 0.425. The zero-order chi connectivity index (χ0) is 14.7. The Morgan fingerprint density at radius 2 is 2.24 bits per heavy atom. The van der Waals surface area contributed by atoms with Crippen LogP contribution >= 0.6 is 23.1 Å². The van der Waals surface area contributed by atoms with Crippen LogP contribution in [0.3, 0.4) is 0 Å². The Kier molecular flexibility index (Phi) is 4.28. The largest absolute Gasteiger partial charge is 0.497 e. The predicted octanol–water partition coefficient (Wildman–Crippen LogP) is 3.88. The molecule has 2 aromatic heterocycles. The van der Waals surface area contributed by atoms with Gasteiger partial charge in [-0.3, -0.25) is 0 Å². The second kappa shape index (κ2) is 6.34. The molecule has 0 aliphatic rings. The van der Waals surface area contributed by atoms with Crippen LogP contribution in [-0.2, 0) is 5.75 Å². The maximum Gasteiger partial charge on any atom is 0.144 e. The molecule has 1 aromatic carbocycles. The van der Waals surface area contributed by atoms with E-state index in [9.17, 15) is 0 Å². The van der Waals surface area contributed by atoms with E-state index in [1.807, 2.05) is 18.2 Å². The average Bonchev–Trinajstić information content (AvgIpc) is 3.04. The van der Waals surface area contributed by atoms with Crippen molar-refractivity contribution in [3.8, 4) is 5.75 Å². The Hall–Kier alpha value is -1.76. The third kappa shape index (κ3) is 3.12. The average molecular weight is 317 g/mol. The highest BCUT2D eigenvalue weighted by atomic mass is 32.2. The number of pyridine rings is 1. The van der Waals surface area contributed by atoms with Gasteiger partial charge in [0, 0.05) is 22.8 Å². The van der Waals surface area contributed by atoms with E-state index in [4.69, 9.17) is 10.6 Å². The van der Waals surface area contributed by atoms with Crippen LogP contribution in [0.1, 0.15) is 5.56 Å². The summed E-state index contributed by atoms with van der Waals surface area (Å²) in [6.45, 7) is 0. The smallest absolute Gasteiger partial charge is 0.144 e. The van der Waals surface area contributed by atoms with Crippen LogP contribution in [0.2, 0.25) is 0 Å². The molecule has 0 saturated heterocycles. The molecule has 0 saturated carbocycles. The van der Waals surface area contributed by atoms with Crippen molar-refractivity contribution in [2.45, 2.75) is 9.96 Å². The van der Waals surface area contributed by atoms with Crippen LogP contribution < -0.4 is 16.0 Å². The molecule has 0 fully saturated rings. The highest BCUT2D eigenvalue weighted by Crippen LogP contribution is 2.31. The predicted molar refractivity (Wildman–Crippen MR) is 90.0 cm³/mol. The minimum Gasteiger partial charge on any atom is -0.497 e. The first-order chi connectivity index (χ1) is 10.3. The molecule has 0 bridgehead atoms. The van der Waals surface area contributed by atoms with Crippen LogP contribution in [0.15, 0.2) is 46.0 Å². The lowest BCUT2D eigenvalue weighted by Gasteiger charge is -2.10. The van der Waals surface area contributed by atoms with E-state index in [2.05, 4.69) is 34.0 Å². The number of nitrogens with one attached hydrogen (secondary N) is 1. The molecular formula is C15H15N3OS2. The number of aromatic nitrogens is 1. The number of anilines is 1. The number of benzene rings is 1. The summed E-state index contributed by atoms with van der Waals surface area (Å²) in [5.41, 5.74) is 4.65. The number of nitrogen functional groups attached to an aromatic ring is 1. The number of thioether (sulfide) groups is 1. The maximum atomic E-state index is 5.61. The van der Waals surface area contributed by atoms with Gasteiger partial charge in [0.25, 0.3) is 0 Å². The lowest BCUT2D eigenvalue weighted by Crippen LogP contribution is -2.11. The van der Waals surface area contributed by atoms with Crippen LogP contribution in [0.4, 0.5) is 5.82 Å². The molecule has 0 spiro atoms. The van der Waals surface area contributed by atoms with Gasteiger partial charge in [-0.2, -0.15) is 0 Å². The number of hydrogen-bond acceptors (Lipinski definition) is 6. The summed E-state index contributed by atoms with van der Waals surface area (Å²) in [5.74, 6) is 7.94. The fourth-order valence-electron chi connectivity index (χ4n) is 2.05. The fourth-order valence-corrected chi connectivity index (χ4v) is 3.80. The molecule has 0 amide bonds. The number of fused-ring (bicyclic) bond motifs is 1. The monoisotopic (exact) mass is 317 g/mol. The number of ether oxygens (including phenoxy) is 1. The third-order valence-electron chi connectivity index (χ3n) is 3.11. The molecule has 0 radical (unpaired) electrons. The van der Waals surface area contributed by atoms with E-state index in [1.165, 1.54) is 4.21 Å². The van der Waals surface area contributed by atoms with Gasteiger partial charge in [0.05, 0.1) is 16.8 Å². The molecule has 108 valence electrons. The standard InChI is InChI=1S/C15H15N3OS2/c1-19-12-5-4-10-7-11(9-21-14-3-2-6-20-14)15(18-16)17-13(10)8-12/h2-8H,9,16H2,1H3,(H,17,18). The number of rotatable bonds is 5. The summed E-state index contributed by atoms with van der Waals surface area (Å²) in [6, 6.07) is 12.2.